The minimum atomic E-state index is -0.101. The number of amides is 2. The fourth-order valence-corrected chi connectivity index (χ4v) is 5.08. The van der Waals surface area contributed by atoms with E-state index < -0.39 is 0 Å². The first-order chi connectivity index (χ1) is 16.9. The maximum absolute atomic E-state index is 12.9. The second-order valence-electron chi connectivity index (χ2n) is 10.1. The van der Waals surface area contributed by atoms with Gasteiger partial charge in [-0.1, -0.05) is 57.2 Å². The molecular weight excluding hydrogens is 434 g/mol. The van der Waals surface area contributed by atoms with Crippen molar-refractivity contribution in [2.45, 2.75) is 70.9 Å². The van der Waals surface area contributed by atoms with Crippen molar-refractivity contribution in [1.29, 1.82) is 0 Å². The van der Waals surface area contributed by atoms with Crippen molar-refractivity contribution in [3.8, 4) is 0 Å². The zero-order valence-corrected chi connectivity index (χ0v) is 21.7. The zero-order valence-electron chi connectivity index (χ0n) is 21.7. The Morgan fingerprint density at radius 2 is 1.74 bits per heavy atom. The SMILES string of the molecule is CCc1cccc(C(C)C)c1NC(=O)N[C@H]1CC[C@@H](Nc2cc(N(C)C)c3ccccc3n2)CC1. The zero-order chi connectivity index (χ0) is 24.9. The number of rotatable bonds is 7. The van der Waals surface area contributed by atoms with E-state index in [2.05, 4.69) is 98.2 Å². The summed E-state index contributed by atoms with van der Waals surface area (Å²) in [5.74, 6) is 1.27. The van der Waals surface area contributed by atoms with E-state index in [-0.39, 0.29) is 12.1 Å². The third-order valence-corrected chi connectivity index (χ3v) is 7.01. The van der Waals surface area contributed by atoms with Crippen LogP contribution >= 0.6 is 0 Å². The normalized spacial score (nSPS) is 17.9. The summed E-state index contributed by atoms with van der Waals surface area (Å²) in [4.78, 5) is 19.9. The Balaban J connectivity index is 1.35. The van der Waals surface area contributed by atoms with E-state index in [4.69, 9.17) is 4.98 Å². The van der Waals surface area contributed by atoms with Gasteiger partial charge in [-0.05, 0) is 55.2 Å². The number of aryl methyl sites for hydroxylation is 1. The Bertz CT molecular complexity index is 1160. The van der Waals surface area contributed by atoms with Crippen molar-refractivity contribution in [1.82, 2.24) is 10.3 Å². The molecule has 1 aliphatic carbocycles. The highest BCUT2D eigenvalue weighted by atomic mass is 16.2. The lowest BCUT2D eigenvalue weighted by molar-refractivity contribution is 0.243. The predicted molar refractivity (Wildman–Crippen MR) is 148 cm³/mol. The number of benzene rings is 2. The molecule has 0 bridgehead atoms. The quantitative estimate of drug-likeness (QED) is 0.365. The molecule has 4 rings (SSSR count). The van der Waals surface area contributed by atoms with Gasteiger partial charge in [-0.15, -0.1) is 0 Å². The topological polar surface area (TPSA) is 69.3 Å². The molecule has 0 radical (unpaired) electrons. The summed E-state index contributed by atoms with van der Waals surface area (Å²) in [5.41, 5.74) is 5.50. The average molecular weight is 474 g/mol. The van der Waals surface area contributed by atoms with Crippen LogP contribution in [-0.4, -0.2) is 37.2 Å². The van der Waals surface area contributed by atoms with Crippen molar-refractivity contribution in [2.24, 2.45) is 0 Å². The van der Waals surface area contributed by atoms with Crippen LogP contribution in [0.4, 0.5) is 22.0 Å². The van der Waals surface area contributed by atoms with E-state index in [1.807, 2.05) is 6.07 Å². The summed E-state index contributed by atoms with van der Waals surface area (Å²) in [6.07, 6.45) is 4.79. The van der Waals surface area contributed by atoms with E-state index in [1.54, 1.807) is 0 Å². The first kappa shape index (κ1) is 24.8. The number of carbonyl (C=O) groups excluding carboxylic acids is 1. The van der Waals surface area contributed by atoms with Gasteiger partial charge in [-0.25, -0.2) is 9.78 Å². The molecule has 0 saturated heterocycles. The molecule has 2 aromatic carbocycles. The first-order valence-corrected chi connectivity index (χ1v) is 12.9. The van der Waals surface area contributed by atoms with Crippen molar-refractivity contribution >= 4 is 34.1 Å². The predicted octanol–water partition coefficient (Wildman–Crippen LogP) is 6.53. The molecule has 1 heterocycles. The van der Waals surface area contributed by atoms with Crippen LogP contribution in [0.2, 0.25) is 0 Å². The molecule has 6 nitrogen and oxygen atoms in total. The Hall–Kier alpha value is -3.28. The van der Waals surface area contributed by atoms with E-state index in [0.29, 0.717) is 12.0 Å². The molecule has 3 aromatic rings. The van der Waals surface area contributed by atoms with Crippen LogP contribution in [0.5, 0.6) is 0 Å². The monoisotopic (exact) mass is 473 g/mol. The minimum absolute atomic E-state index is 0.101. The summed E-state index contributed by atoms with van der Waals surface area (Å²) in [6, 6.07) is 17.1. The van der Waals surface area contributed by atoms with Crippen molar-refractivity contribution < 1.29 is 4.79 Å². The van der Waals surface area contributed by atoms with Gasteiger partial charge in [0.1, 0.15) is 5.82 Å². The van der Waals surface area contributed by atoms with Crippen LogP contribution in [0.1, 0.15) is 63.5 Å². The summed E-state index contributed by atoms with van der Waals surface area (Å²) < 4.78 is 0. The highest BCUT2D eigenvalue weighted by Gasteiger charge is 2.24. The van der Waals surface area contributed by atoms with E-state index in [0.717, 1.165) is 54.5 Å². The summed E-state index contributed by atoms with van der Waals surface area (Å²) in [5, 5.41) is 11.2. The number of hydrogen-bond acceptors (Lipinski definition) is 4. The van der Waals surface area contributed by atoms with Crippen LogP contribution in [0, 0.1) is 0 Å². The standard InChI is InChI=1S/C29H39N5O/c1-6-20-10-9-12-23(19(2)3)28(20)33-29(35)31-22-16-14-21(15-17-22)30-27-18-26(34(4)5)24-11-7-8-13-25(24)32-27/h7-13,18-19,21-22H,6,14-17H2,1-5H3,(H,30,32)(H2,31,33,35)/t21-,22+. The maximum atomic E-state index is 12.9. The van der Waals surface area contributed by atoms with Gasteiger partial charge >= 0.3 is 6.03 Å². The molecule has 0 unspecified atom stereocenters. The molecule has 1 aliphatic rings. The molecule has 2 amide bonds. The van der Waals surface area contributed by atoms with E-state index in [9.17, 15) is 4.79 Å². The third-order valence-electron chi connectivity index (χ3n) is 7.01. The molecule has 1 fully saturated rings. The van der Waals surface area contributed by atoms with Gasteiger partial charge in [0.05, 0.1) is 5.52 Å². The second kappa shape index (κ2) is 11.0. The van der Waals surface area contributed by atoms with Gasteiger partial charge < -0.3 is 20.9 Å². The lowest BCUT2D eigenvalue weighted by atomic mass is 9.91. The van der Waals surface area contributed by atoms with Crippen LogP contribution in [0.25, 0.3) is 10.9 Å². The molecule has 6 heteroatoms. The number of fused-ring (bicyclic) bond motifs is 1. The van der Waals surface area contributed by atoms with Gasteiger partial charge in [-0.3, -0.25) is 0 Å². The van der Waals surface area contributed by atoms with Crippen molar-refractivity contribution in [3.63, 3.8) is 0 Å². The first-order valence-electron chi connectivity index (χ1n) is 12.9. The smallest absolute Gasteiger partial charge is 0.319 e. The van der Waals surface area contributed by atoms with Gasteiger partial charge in [0.15, 0.2) is 0 Å². The second-order valence-corrected chi connectivity index (χ2v) is 10.1. The van der Waals surface area contributed by atoms with E-state index in [1.165, 1.54) is 16.8 Å². The number of nitrogens with one attached hydrogen (secondary N) is 3. The van der Waals surface area contributed by atoms with Gasteiger partial charge in [0.2, 0.25) is 0 Å². The highest BCUT2D eigenvalue weighted by Crippen LogP contribution is 2.30. The minimum Gasteiger partial charge on any atom is -0.377 e. The van der Waals surface area contributed by atoms with Crippen molar-refractivity contribution in [2.75, 3.05) is 29.6 Å². The number of hydrogen-bond donors (Lipinski definition) is 3. The Kier molecular flexibility index (Phi) is 7.79. The largest absolute Gasteiger partial charge is 0.377 e. The molecule has 35 heavy (non-hydrogen) atoms. The lowest BCUT2D eigenvalue weighted by Crippen LogP contribution is -2.42. The molecular formula is C29H39N5O. The molecule has 0 atom stereocenters. The number of aromatic nitrogens is 1. The van der Waals surface area contributed by atoms with E-state index >= 15 is 0 Å². The molecule has 1 saturated carbocycles. The van der Waals surface area contributed by atoms with Crippen molar-refractivity contribution in [3.05, 3.63) is 59.7 Å². The number of anilines is 3. The number of pyridine rings is 1. The Labute approximate surface area is 209 Å². The third kappa shape index (κ3) is 5.87. The molecule has 0 aliphatic heterocycles. The van der Waals surface area contributed by atoms with Gasteiger partial charge in [-0.2, -0.15) is 0 Å². The van der Waals surface area contributed by atoms with Crippen LogP contribution in [-0.2, 0) is 6.42 Å². The van der Waals surface area contributed by atoms with Gasteiger partial charge in [0, 0.05) is 49.0 Å². The fraction of sp³-hybridized carbons (Fsp3) is 0.448. The summed E-state index contributed by atoms with van der Waals surface area (Å²) in [6.45, 7) is 6.46. The average Bonchev–Trinajstić information content (AvgIpc) is 2.84. The Morgan fingerprint density at radius 1 is 1.03 bits per heavy atom. The number of para-hydroxylation sites is 2. The van der Waals surface area contributed by atoms with Gasteiger partial charge in [0.25, 0.3) is 0 Å². The maximum Gasteiger partial charge on any atom is 0.319 e. The molecule has 186 valence electrons. The number of urea groups is 1. The fourth-order valence-electron chi connectivity index (χ4n) is 5.08. The molecule has 3 N–H and O–H groups in total. The van der Waals surface area contributed by atoms with Crippen LogP contribution < -0.4 is 20.9 Å². The number of carbonyl (C=O) groups is 1. The Morgan fingerprint density at radius 3 is 2.43 bits per heavy atom. The highest BCUT2D eigenvalue weighted by molar-refractivity contribution is 5.93. The van der Waals surface area contributed by atoms with Crippen LogP contribution in [0.15, 0.2) is 48.5 Å². The summed E-state index contributed by atoms with van der Waals surface area (Å²) >= 11 is 0. The molecule has 1 aromatic heterocycles. The lowest BCUT2D eigenvalue weighted by Gasteiger charge is -2.30. The molecule has 0 spiro atoms. The number of nitrogens with zero attached hydrogens (tertiary/aromatic N) is 2. The van der Waals surface area contributed by atoms with Crippen LogP contribution in [0.3, 0.4) is 0 Å². The summed E-state index contributed by atoms with van der Waals surface area (Å²) in [7, 11) is 4.13.